The number of hydrogen-bond donors (Lipinski definition) is 1. The van der Waals surface area contributed by atoms with Gasteiger partial charge in [0, 0.05) is 16.2 Å². The van der Waals surface area contributed by atoms with Gasteiger partial charge in [0.15, 0.2) is 0 Å². The van der Waals surface area contributed by atoms with E-state index in [0.717, 1.165) is 17.2 Å². The highest BCUT2D eigenvalue weighted by Crippen LogP contribution is 2.31. The number of hydrogen-bond acceptors (Lipinski definition) is 4. The van der Waals surface area contributed by atoms with Crippen LogP contribution in [-0.2, 0) is 6.42 Å². The lowest BCUT2D eigenvalue weighted by atomic mass is 10.1. The van der Waals surface area contributed by atoms with Gasteiger partial charge in [-0.2, -0.15) is 0 Å². The van der Waals surface area contributed by atoms with Gasteiger partial charge in [0.25, 0.3) is 0 Å². The second-order valence-corrected chi connectivity index (χ2v) is 4.87. The van der Waals surface area contributed by atoms with Gasteiger partial charge in [-0.05, 0) is 24.1 Å². The minimum Gasteiger partial charge on any atom is -0.422 e. The first-order chi connectivity index (χ1) is 8.20. The van der Waals surface area contributed by atoms with Gasteiger partial charge in [-0.1, -0.05) is 13.0 Å². The molecule has 0 spiro atoms. The summed E-state index contributed by atoms with van der Waals surface area (Å²) in [5, 5.41) is 4.82. The SMILES string of the molecule is CCc1ccc2oc(=O)c3c(N)scc3c2c1. The van der Waals surface area contributed by atoms with Crippen molar-refractivity contribution < 1.29 is 4.42 Å². The molecule has 0 aliphatic carbocycles. The third kappa shape index (κ3) is 1.45. The normalized spacial score (nSPS) is 11.4. The number of thiophene rings is 1. The largest absolute Gasteiger partial charge is 0.422 e. The number of fused-ring (bicyclic) bond motifs is 3. The molecule has 0 aliphatic rings. The first-order valence-electron chi connectivity index (χ1n) is 5.43. The molecule has 2 aromatic heterocycles. The number of anilines is 1. The van der Waals surface area contributed by atoms with E-state index in [4.69, 9.17) is 10.2 Å². The van der Waals surface area contributed by atoms with E-state index in [1.807, 2.05) is 17.5 Å². The zero-order valence-corrected chi connectivity index (χ0v) is 10.1. The molecule has 4 heteroatoms. The van der Waals surface area contributed by atoms with Gasteiger partial charge in [-0.15, -0.1) is 11.3 Å². The van der Waals surface area contributed by atoms with Crippen LogP contribution in [0.25, 0.3) is 21.7 Å². The lowest BCUT2D eigenvalue weighted by Crippen LogP contribution is -2.00. The quantitative estimate of drug-likeness (QED) is 0.670. The summed E-state index contributed by atoms with van der Waals surface area (Å²) >= 11 is 1.38. The molecule has 0 radical (unpaired) electrons. The Kier molecular flexibility index (Phi) is 2.19. The van der Waals surface area contributed by atoms with Gasteiger partial charge in [-0.3, -0.25) is 0 Å². The molecule has 2 heterocycles. The average Bonchev–Trinajstić information content (AvgIpc) is 2.72. The van der Waals surface area contributed by atoms with Crippen LogP contribution in [0.1, 0.15) is 12.5 Å². The minimum absolute atomic E-state index is 0.351. The van der Waals surface area contributed by atoms with E-state index >= 15 is 0 Å². The number of nitrogens with two attached hydrogens (primary N) is 1. The topological polar surface area (TPSA) is 56.2 Å². The van der Waals surface area contributed by atoms with Gasteiger partial charge in [-0.25, -0.2) is 4.79 Å². The van der Waals surface area contributed by atoms with Crippen molar-refractivity contribution in [3.63, 3.8) is 0 Å². The van der Waals surface area contributed by atoms with Crippen LogP contribution >= 0.6 is 11.3 Å². The Morgan fingerprint density at radius 3 is 2.94 bits per heavy atom. The fraction of sp³-hybridized carbons (Fsp3) is 0.154. The molecule has 86 valence electrons. The third-order valence-electron chi connectivity index (χ3n) is 2.97. The van der Waals surface area contributed by atoms with Gasteiger partial charge < -0.3 is 10.2 Å². The van der Waals surface area contributed by atoms with Crippen LogP contribution in [0.15, 0.2) is 32.8 Å². The number of benzene rings is 1. The predicted molar refractivity (Wildman–Crippen MR) is 71.7 cm³/mol. The summed E-state index contributed by atoms with van der Waals surface area (Å²) in [5.74, 6) is 0. The fourth-order valence-electron chi connectivity index (χ4n) is 2.03. The van der Waals surface area contributed by atoms with Crippen molar-refractivity contribution in [2.24, 2.45) is 0 Å². The van der Waals surface area contributed by atoms with E-state index in [-0.39, 0.29) is 5.63 Å². The Balaban J connectivity index is 2.56. The summed E-state index contributed by atoms with van der Waals surface area (Å²) in [5.41, 5.74) is 7.29. The second-order valence-electron chi connectivity index (χ2n) is 3.96. The van der Waals surface area contributed by atoms with Crippen molar-refractivity contribution in [1.29, 1.82) is 0 Å². The Hall–Kier alpha value is -1.81. The third-order valence-corrected chi connectivity index (χ3v) is 3.78. The predicted octanol–water partition coefficient (Wildman–Crippen LogP) is 3.15. The van der Waals surface area contributed by atoms with Crippen LogP contribution in [-0.4, -0.2) is 0 Å². The second kappa shape index (κ2) is 3.60. The first-order valence-corrected chi connectivity index (χ1v) is 6.31. The van der Waals surface area contributed by atoms with Crippen LogP contribution < -0.4 is 11.4 Å². The van der Waals surface area contributed by atoms with Crippen molar-refractivity contribution in [2.45, 2.75) is 13.3 Å². The van der Waals surface area contributed by atoms with Crippen LogP contribution in [0.4, 0.5) is 5.00 Å². The molecule has 1 aromatic carbocycles. The molecule has 3 rings (SSSR count). The molecular weight excluding hydrogens is 234 g/mol. The van der Waals surface area contributed by atoms with E-state index < -0.39 is 0 Å². The first kappa shape index (κ1) is 10.4. The highest BCUT2D eigenvalue weighted by molar-refractivity contribution is 7.16. The molecule has 0 saturated heterocycles. The molecule has 3 nitrogen and oxygen atoms in total. The summed E-state index contributed by atoms with van der Waals surface area (Å²) in [6.45, 7) is 2.10. The maximum absolute atomic E-state index is 11.8. The Morgan fingerprint density at radius 2 is 2.18 bits per heavy atom. The van der Waals surface area contributed by atoms with E-state index in [9.17, 15) is 4.79 Å². The molecular formula is C13H11NO2S. The van der Waals surface area contributed by atoms with Crippen molar-refractivity contribution >= 4 is 38.1 Å². The van der Waals surface area contributed by atoms with Crippen molar-refractivity contribution in [3.8, 4) is 0 Å². The highest BCUT2D eigenvalue weighted by atomic mass is 32.1. The summed E-state index contributed by atoms with van der Waals surface area (Å²) in [7, 11) is 0. The maximum atomic E-state index is 11.8. The van der Waals surface area contributed by atoms with Crippen molar-refractivity contribution in [3.05, 3.63) is 39.6 Å². The van der Waals surface area contributed by atoms with E-state index in [1.54, 1.807) is 0 Å². The van der Waals surface area contributed by atoms with Gasteiger partial charge in [0.1, 0.15) is 16.0 Å². The summed E-state index contributed by atoms with van der Waals surface area (Å²) in [6.07, 6.45) is 0.955. The summed E-state index contributed by atoms with van der Waals surface area (Å²) < 4.78 is 5.28. The van der Waals surface area contributed by atoms with E-state index in [1.165, 1.54) is 16.9 Å². The van der Waals surface area contributed by atoms with Gasteiger partial charge in [0.05, 0.1) is 0 Å². The van der Waals surface area contributed by atoms with Crippen LogP contribution in [0, 0.1) is 0 Å². The van der Waals surface area contributed by atoms with E-state index in [2.05, 4.69) is 13.0 Å². The zero-order chi connectivity index (χ0) is 12.0. The maximum Gasteiger partial charge on any atom is 0.347 e. The molecule has 0 atom stereocenters. The van der Waals surface area contributed by atoms with Gasteiger partial charge in [0.2, 0.25) is 0 Å². The standard InChI is InChI=1S/C13H11NO2S/c1-2-7-3-4-10-8(5-7)9-6-17-12(14)11(9)13(15)16-10/h3-6H,2,14H2,1H3. The smallest absolute Gasteiger partial charge is 0.347 e. The summed E-state index contributed by atoms with van der Waals surface area (Å²) in [4.78, 5) is 11.8. The monoisotopic (exact) mass is 245 g/mol. The summed E-state index contributed by atoms with van der Waals surface area (Å²) in [6, 6.07) is 5.89. The van der Waals surface area contributed by atoms with Crippen LogP contribution in [0.3, 0.4) is 0 Å². The minimum atomic E-state index is -0.351. The average molecular weight is 245 g/mol. The number of nitrogen functional groups attached to an aromatic ring is 1. The van der Waals surface area contributed by atoms with E-state index in [0.29, 0.717) is 16.0 Å². The molecule has 0 unspecified atom stereocenters. The molecule has 0 amide bonds. The van der Waals surface area contributed by atoms with Crippen molar-refractivity contribution in [2.75, 3.05) is 5.73 Å². The number of rotatable bonds is 1. The number of aryl methyl sites for hydroxylation is 1. The molecule has 17 heavy (non-hydrogen) atoms. The molecule has 0 bridgehead atoms. The lowest BCUT2D eigenvalue weighted by Gasteiger charge is -2.01. The highest BCUT2D eigenvalue weighted by Gasteiger charge is 2.11. The van der Waals surface area contributed by atoms with Crippen LogP contribution in [0.2, 0.25) is 0 Å². The Labute approximate surface area is 101 Å². The molecule has 2 N–H and O–H groups in total. The Bertz CT molecular complexity index is 770. The fourth-order valence-corrected chi connectivity index (χ4v) is 2.83. The van der Waals surface area contributed by atoms with Gasteiger partial charge >= 0.3 is 5.63 Å². The lowest BCUT2D eigenvalue weighted by molar-refractivity contribution is 0.570. The van der Waals surface area contributed by atoms with Crippen molar-refractivity contribution in [1.82, 2.24) is 0 Å². The molecule has 0 saturated carbocycles. The van der Waals surface area contributed by atoms with Crippen LogP contribution in [0.5, 0.6) is 0 Å². The molecule has 0 aliphatic heterocycles. The molecule has 3 aromatic rings. The molecule has 0 fully saturated rings. The zero-order valence-electron chi connectivity index (χ0n) is 9.32. The Morgan fingerprint density at radius 1 is 1.35 bits per heavy atom.